The molecule has 1 amide bonds. The first-order chi connectivity index (χ1) is 8.60. The van der Waals surface area contributed by atoms with E-state index in [0.29, 0.717) is 5.92 Å². The molecule has 110 valence electrons. The van der Waals surface area contributed by atoms with Crippen LogP contribution in [0.5, 0.6) is 0 Å². The highest BCUT2D eigenvalue weighted by Gasteiger charge is 2.32. The smallest absolute Gasteiger partial charge is 0.431 e. The van der Waals surface area contributed by atoms with E-state index in [-0.39, 0.29) is 0 Å². The molecule has 0 aromatic carbocycles. The molecule has 0 spiro atoms. The van der Waals surface area contributed by atoms with Crippen LogP contribution in [0.25, 0.3) is 0 Å². The molecule has 1 atom stereocenters. The van der Waals surface area contributed by atoms with Gasteiger partial charge in [0.1, 0.15) is 5.60 Å². The summed E-state index contributed by atoms with van der Waals surface area (Å²) in [6.45, 7) is 11.6. The molecular weight excluding hydrogens is 242 g/mol. The zero-order valence-corrected chi connectivity index (χ0v) is 13.0. The summed E-state index contributed by atoms with van der Waals surface area (Å²) in [5.41, 5.74) is 2.94. The van der Waals surface area contributed by atoms with Crippen molar-refractivity contribution in [3.8, 4) is 0 Å². The van der Waals surface area contributed by atoms with E-state index in [2.05, 4.69) is 18.5 Å². The van der Waals surface area contributed by atoms with Crippen LogP contribution in [0.2, 0.25) is 0 Å². The number of nitrogens with one attached hydrogen (secondary N) is 1. The number of carbonyl (C=O) groups is 1. The Hall–Kier alpha value is -1.03. The topological polar surface area (TPSA) is 47.6 Å². The third kappa shape index (κ3) is 5.64. The van der Waals surface area contributed by atoms with Crippen LogP contribution < -0.4 is 5.48 Å². The van der Waals surface area contributed by atoms with Gasteiger partial charge in [0, 0.05) is 0 Å². The number of carbonyl (C=O) groups excluding carboxylic acids is 1. The lowest BCUT2D eigenvalue weighted by atomic mass is 9.80. The number of ether oxygens (including phenoxy) is 1. The average Bonchev–Trinajstić information content (AvgIpc) is 2.25. The molecule has 0 saturated carbocycles. The average molecular weight is 269 g/mol. The molecule has 19 heavy (non-hydrogen) atoms. The molecule has 1 N–H and O–H groups in total. The van der Waals surface area contributed by atoms with Crippen molar-refractivity contribution >= 4 is 6.09 Å². The van der Waals surface area contributed by atoms with E-state index in [0.717, 1.165) is 19.3 Å². The molecule has 1 aliphatic rings. The fraction of sp³-hybridized carbons (Fsp3) is 0.800. The number of hydroxylamine groups is 1. The number of allylic oxidation sites excluding steroid dienone is 2. The standard InChI is InChI=1S/C15H27NO3/c1-11-7-9-12(10-8-11)15(5,6)19-16-13(17)18-14(2,3)4/h7,12H,8-10H2,1-6H3,(H,16,17). The van der Waals surface area contributed by atoms with E-state index in [1.165, 1.54) is 5.57 Å². The Labute approximate surface area is 116 Å². The molecule has 0 aromatic rings. The Bertz CT molecular complexity index is 353. The van der Waals surface area contributed by atoms with Crippen molar-refractivity contribution in [2.24, 2.45) is 5.92 Å². The van der Waals surface area contributed by atoms with Crippen molar-refractivity contribution in [3.63, 3.8) is 0 Å². The molecular formula is C15H27NO3. The fourth-order valence-corrected chi connectivity index (χ4v) is 2.15. The fourth-order valence-electron chi connectivity index (χ4n) is 2.15. The maximum Gasteiger partial charge on any atom is 0.431 e. The van der Waals surface area contributed by atoms with Gasteiger partial charge in [0.2, 0.25) is 0 Å². The van der Waals surface area contributed by atoms with Gasteiger partial charge in [-0.05, 0) is 66.7 Å². The quantitative estimate of drug-likeness (QED) is 0.623. The third-order valence-corrected chi connectivity index (χ3v) is 3.42. The molecule has 0 fully saturated rings. The SMILES string of the molecule is CC1=CCC(C(C)(C)ONC(=O)OC(C)(C)C)CC1. The van der Waals surface area contributed by atoms with Crippen molar-refractivity contribution in [2.45, 2.75) is 72.0 Å². The Balaban J connectivity index is 2.45. The largest absolute Gasteiger partial charge is 0.442 e. The summed E-state index contributed by atoms with van der Waals surface area (Å²) in [5.74, 6) is 0.408. The van der Waals surface area contributed by atoms with Gasteiger partial charge in [-0.3, -0.25) is 4.84 Å². The zero-order chi connectivity index (χ0) is 14.7. The molecule has 1 aliphatic carbocycles. The van der Waals surface area contributed by atoms with Crippen LogP contribution in [0.15, 0.2) is 11.6 Å². The molecule has 1 rings (SSSR count). The first-order valence-corrected chi connectivity index (χ1v) is 6.93. The van der Waals surface area contributed by atoms with Crippen LogP contribution >= 0.6 is 0 Å². The van der Waals surface area contributed by atoms with E-state index in [1.54, 1.807) is 0 Å². The minimum absolute atomic E-state index is 0.395. The monoisotopic (exact) mass is 269 g/mol. The Morgan fingerprint density at radius 2 is 1.95 bits per heavy atom. The number of hydrogen-bond acceptors (Lipinski definition) is 3. The van der Waals surface area contributed by atoms with Crippen molar-refractivity contribution in [2.75, 3.05) is 0 Å². The molecule has 0 radical (unpaired) electrons. The highest BCUT2D eigenvalue weighted by Crippen LogP contribution is 2.33. The maximum absolute atomic E-state index is 11.6. The molecule has 0 saturated heterocycles. The molecule has 0 bridgehead atoms. The van der Waals surface area contributed by atoms with Gasteiger partial charge in [-0.15, -0.1) is 0 Å². The Kier molecular flexibility index (Phi) is 5.02. The Morgan fingerprint density at radius 1 is 1.32 bits per heavy atom. The van der Waals surface area contributed by atoms with E-state index in [4.69, 9.17) is 9.57 Å². The van der Waals surface area contributed by atoms with Crippen LogP contribution in [0.3, 0.4) is 0 Å². The summed E-state index contributed by atoms with van der Waals surface area (Å²) in [6.07, 6.45) is 4.90. The van der Waals surface area contributed by atoms with Gasteiger partial charge in [-0.25, -0.2) is 4.79 Å². The van der Waals surface area contributed by atoms with Crippen molar-refractivity contribution in [1.82, 2.24) is 5.48 Å². The second kappa shape index (κ2) is 5.95. The van der Waals surface area contributed by atoms with Gasteiger partial charge < -0.3 is 4.74 Å². The second-order valence-corrected chi connectivity index (χ2v) is 6.83. The van der Waals surface area contributed by atoms with Crippen LogP contribution in [0, 0.1) is 5.92 Å². The highest BCUT2D eigenvalue weighted by atomic mass is 16.7. The molecule has 1 unspecified atom stereocenters. The summed E-state index contributed by atoms with van der Waals surface area (Å²) in [6, 6.07) is 0. The molecule has 4 nitrogen and oxygen atoms in total. The molecule has 4 heteroatoms. The normalized spacial score (nSPS) is 20.7. The van der Waals surface area contributed by atoms with Gasteiger partial charge in [0.25, 0.3) is 0 Å². The van der Waals surface area contributed by atoms with Crippen LogP contribution in [0.4, 0.5) is 4.79 Å². The van der Waals surface area contributed by atoms with Crippen molar-refractivity contribution in [3.05, 3.63) is 11.6 Å². The van der Waals surface area contributed by atoms with Crippen LogP contribution in [0.1, 0.15) is 60.8 Å². The summed E-state index contributed by atoms with van der Waals surface area (Å²) < 4.78 is 5.15. The van der Waals surface area contributed by atoms with Crippen molar-refractivity contribution in [1.29, 1.82) is 0 Å². The zero-order valence-electron chi connectivity index (χ0n) is 13.0. The summed E-state index contributed by atoms with van der Waals surface area (Å²) in [7, 11) is 0. The van der Waals surface area contributed by atoms with Crippen LogP contribution in [-0.4, -0.2) is 17.3 Å². The number of rotatable bonds is 3. The van der Waals surface area contributed by atoms with Gasteiger partial charge >= 0.3 is 6.09 Å². The Morgan fingerprint density at radius 3 is 2.42 bits per heavy atom. The first-order valence-electron chi connectivity index (χ1n) is 6.93. The van der Waals surface area contributed by atoms with E-state index in [1.807, 2.05) is 34.6 Å². The van der Waals surface area contributed by atoms with Gasteiger partial charge in [0.05, 0.1) is 5.60 Å². The summed E-state index contributed by atoms with van der Waals surface area (Å²) in [4.78, 5) is 17.1. The lowest BCUT2D eigenvalue weighted by molar-refractivity contribution is -0.117. The molecule has 0 heterocycles. The third-order valence-electron chi connectivity index (χ3n) is 3.42. The number of hydrogen-bond donors (Lipinski definition) is 1. The minimum atomic E-state index is -0.539. The lowest BCUT2D eigenvalue weighted by Crippen LogP contribution is -2.43. The van der Waals surface area contributed by atoms with E-state index < -0.39 is 17.3 Å². The van der Waals surface area contributed by atoms with Crippen LogP contribution in [-0.2, 0) is 9.57 Å². The lowest BCUT2D eigenvalue weighted by Gasteiger charge is -2.35. The van der Waals surface area contributed by atoms with Crippen molar-refractivity contribution < 1.29 is 14.4 Å². The van der Waals surface area contributed by atoms with E-state index >= 15 is 0 Å². The maximum atomic E-state index is 11.6. The highest BCUT2D eigenvalue weighted by molar-refractivity contribution is 5.66. The van der Waals surface area contributed by atoms with E-state index in [9.17, 15) is 4.79 Å². The molecule has 0 aromatic heterocycles. The summed E-state index contributed by atoms with van der Waals surface area (Å²) >= 11 is 0. The molecule has 0 aliphatic heterocycles. The number of amides is 1. The second-order valence-electron chi connectivity index (χ2n) is 6.83. The van der Waals surface area contributed by atoms with Gasteiger partial charge in [-0.2, -0.15) is 5.48 Å². The predicted molar refractivity (Wildman–Crippen MR) is 75.6 cm³/mol. The first kappa shape index (κ1) is 16.0. The minimum Gasteiger partial charge on any atom is -0.442 e. The van der Waals surface area contributed by atoms with Gasteiger partial charge in [-0.1, -0.05) is 11.6 Å². The van der Waals surface area contributed by atoms with Gasteiger partial charge in [0.15, 0.2) is 0 Å². The predicted octanol–water partition coefficient (Wildman–Crippen LogP) is 3.97. The summed E-state index contributed by atoms with van der Waals surface area (Å²) in [5, 5.41) is 0.